The Bertz CT molecular complexity index is 554. The Morgan fingerprint density at radius 2 is 1.90 bits per heavy atom. The molecule has 3 atom stereocenters. The van der Waals surface area contributed by atoms with Crippen LogP contribution in [0.1, 0.15) is 44.7 Å². The van der Waals surface area contributed by atoms with Gasteiger partial charge in [-0.1, -0.05) is 31.9 Å². The van der Waals surface area contributed by atoms with E-state index >= 15 is 0 Å². The van der Waals surface area contributed by atoms with E-state index in [0.29, 0.717) is 23.3 Å². The summed E-state index contributed by atoms with van der Waals surface area (Å²) in [4.78, 5) is 0.347. The molecule has 2 rings (SSSR count). The van der Waals surface area contributed by atoms with Crippen LogP contribution in [0, 0.1) is 11.8 Å². The minimum atomic E-state index is -3.39. The van der Waals surface area contributed by atoms with Gasteiger partial charge in [-0.3, -0.25) is 0 Å². The summed E-state index contributed by atoms with van der Waals surface area (Å²) >= 11 is 0. The van der Waals surface area contributed by atoms with E-state index < -0.39 is 10.0 Å². The van der Waals surface area contributed by atoms with Gasteiger partial charge in [-0.25, -0.2) is 13.1 Å². The van der Waals surface area contributed by atoms with Crippen LogP contribution in [-0.2, 0) is 10.0 Å². The highest BCUT2D eigenvalue weighted by Gasteiger charge is 2.25. The van der Waals surface area contributed by atoms with Gasteiger partial charge in [0.25, 0.3) is 0 Å². The zero-order valence-electron chi connectivity index (χ0n) is 13.1. The van der Waals surface area contributed by atoms with Crippen LogP contribution in [0.4, 0.5) is 0 Å². The molecule has 0 spiro atoms. The van der Waals surface area contributed by atoms with Gasteiger partial charge in [0, 0.05) is 12.6 Å². The molecule has 1 aromatic rings. The molecule has 0 bridgehead atoms. The smallest absolute Gasteiger partial charge is 0.240 e. The van der Waals surface area contributed by atoms with Gasteiger partial charge in [0.15, 0.2) is 0 Å². The molecule has 2 N–H and O–H groups in total. The zero-order chi connectivity index (χ0) is 15.5. The molecule has 4 nitrogen and oxygen atoms in total. The van der Waals surface area contributed by atoms with Crippen molar-refractivity contribution >= 4 is 10.0 Å². The van der Waals surface area contributed by atoms with E-state index in [2.05, 4.69) is 17.0 Å². The molecule has 0 radical (unpaired) electrons. The minimum absolute atomic E-state index is 0.217. The maximum Gasteiger partial charge on any atom is 0.240 e. The summed E-state index contributed by atoms with van der Waals surface area (Å²) in [5.74, 6) is 1.09. The second kappa shape index (κ2) is 6.90. The number of benzene rings is 1. The van der Waals surface area contributed by atoms with Gasteiger partial charge in [-0.15, -0.1) is 0 Å². The Labute approximate surface area is 128 Å². The van der Waals surface area contributed by atoms with Crippen molar-refractivity contribution in [3.05, 3.63) is 29.8 Å². The van der Waals surface area contributed by atoms with Crippen LogP contribution in [0.3, 0.4) is 0 Å². The molecule has 1 fully saturated rings. The maximum absolute atomic E-state index is 12.3. The predicted molar refractivity (Wildman–Crippen MR) is 85.6 cm³/mol. The fourth-order valence-corrected chi connectivity index (χ4v) is 4.02. The zero-order valence-corrected chi connectivity index (χ0v) is 13.9. The van der Waals surface area contributed by atoms with Gasteiger partial charge in [0.2, 0.25) is 10.0 Å². The van der Waals surface area contributed by atoms with Crippen molar-refractivity contribution in [1.82, 2.24) is 10.0 Å². The molecule has 0 amide bonds. The first-order valence-electron chi connectivity index (χ1n) is 7.71. The Kier molecular flexibility index (Phi) is 5.41. The molecule has 0 aromatic heterocycles. The van der Waals surface area contributed by atoms with Crippen LogP contribution < -0.4 is 10.0 Å². The topological polar surface area (TPSA) is 58.2 Å². The standard InChI is InChI=1S/C16H26N2O2S/c1-12-5-4-6-15(12)11-18-21(19,20)16-9-7-14(8-10-16)13(2)17-3/h7-10,12-13,15,17-18H,4-6,11H2,1-3H3. The maximum atomic E-state index is 12.3. The Balaban J connectivity index is 2.02. The first-order valence-corrected chi connectivity index (χ1v) is 9.19. The fraction of sp³-hybridized carbons (Fsp3) is 0.625. The van der Waals surface area contributed by atoms with Crippen LogP contribution in [0.2, 0.25) is 0 Å². The van der Waals surface area contributed by atoms with Crippen molar-refractivity contribution in [2.24, 2.45) is 11.8 Å². The molecule has 118 valence electrons. The molecule has 1 aliphatic carbocycles. The Morgan fingerprint density at radius 1 is 1.24 bits per heavy atom. The molecular formula is C16H26N2O2S. The molecule has 0 aliphatic heterocycles. The summed E-state index contributed by atoms with van der Waals surface area (Å²) in [7, 11) is -1.50. The largest absolute Gasteiger partial charge is 0.313 e. The van der Waals surface area contributed by atoms with Crippen LogP contribution in [0.5, 0.6) is 0 Å². The second-order valence-electron chi connectivity index (χ2n) is 6.10. The number of sulfonamides is 1. The SMILES string of the molecule is CNC(C)c1ccc(S(=O)(=O)NCC2CCCC2C)cc1. The van der Waals surface area contributed by atoms with Crippen LogP contribution in [0.25, 0.3) is 0 Å². The van der Waals surface area contributed by atoms with E-state index in [1.54, 1.807) is 12.1 Å². The quantitative estimate of drug-likeness (QED) is 0.849. The summed E-state index contributed by atoms with van der Waals surface area (Å²) in [5, 5.41) is 3.14. The minimum Gasteiger partial charge on any atom is -0.313 e. The van der Waals surface area contributed by atoms with Gasteiger partial charge in [0.1, 0.15) is 0 Å². The van der Waals surface area contributed by atoms with E-state index in [-0.39, 0.29) is 6.04 Å². The third kappa shape index (κ3) is 4.05. The van der Waals surface area contributed by atoms with E-state index in [1.807, 2.05) is 26.1 Å². The van der Waals surface area contributed by atoms with Crippen molar-refractivity contribution in [2.45, 2.75) is 44.0 Å². The molecule has 5 heteroatoms. The Hall–Kier alpha value is -0.910. The third-order valence-corrected chi connectivity index (χ3v) is 6.14. The molecule has 3 unspecified atom stereocenters. The average Bonchev–Trinajstić information content (AvgIpc) is 2.90. The summed E-state index contributed by atoms with van der Waals surface area (Å²) in [5.41, 5.74) is 1.08. The fourth-order valence-electron chi connectivity index (χ4n) is 2.93. The normalized spacial score (nSPS) is 24.1. The number of hydrogen-bond acceptors (Lipinski definition) is 3. The van der Waals surface area contributed by atoms with Gasteiger partial charge in [-0.2, -0.15) is 0 Å². The van der Waals surface area contributed by atoms with Crippen molar-refractivity contribution < 1.29 is 8.42 Å². The molecule has 1 aliphatic rings. The van der Waals surface area contributed by atoms with E-state index in [0.717, 1.165) is 12.0 Å². The number of rotatable bonds is 6. The first-order chi connectivity index (χ1) is 9.94. The van der Waals surface area contributed by atoms with E-state index in [9.17, 15) is 8.42 Å². The molecule has 21 heavy (non-hydrogen) atoms. The number of nitrogens with one attached hydrogen (secondary N) is 2. The highest BCUT2D eigenvalue weighted by Crippen LogP contribution is 2.30. The summed E-state index contributed by atoms with van der Waals surface area (Å²) in [6, 6.07) is 7.32. The van der Waals surface area contributed by atoms with E-state index in [4.69, 9.17) is 0 Å². The van der Waals surface area contributed by atoms with Crippen LogP contribution in [0.15, 0.2) is 29.2 Å². The van der Waals surface area contributed by atoms with Crippen LogP contribution in [-0.4, -0.2) is 22.0 Å². The monoisotopic (exact) mass is 310 g/mol. The lowest BCUT2D eigenvalue weighted by Crippen LogP contribution is -2.30. The molecule has 1 aromatic carbocycles. The van der Waals surface area contributed by atoms with Crippen molar-refractivity contribution in [3.8, 4) is 0 Å². The highest BCUT2D eigenvalue weighted by atomic mass is 32.2. The van der Waals surface area contributed by atoms with Crippen molar-refractivity contribution in [1.29, 1.82) is 0 Å². The summed E-state index contributed by atoms with van der Waals surface area (Å²) in [6.07, 6.45) is 3.55. The Morgan fingerprint density at radius 3 is 2.43 bits per heavy atom. The first kappa shape index (κ1) is 16.5. The third-order valence-electron chi connectivity index (χ3n) is 4.70. The lowest BCUT2D eigenvalue weighted by molar-refractivity contribution is 0.414. The second-order valence-corrected chi connectivity index (χ2v) is 7.87. The van der Waals surface area contributed by atoms with Gasteiger partial charge >= 0.3 is 0 Å². The van der Waals surface area contributed by atoms with Gasteiger partial charge in [-0.05, 0) is 49.9 Å². The molecule has 1 saturated carbocycles. The van der Waals surface area contributed by atoms with Crippen molar-refractivity contribution in [3.63, 3.8) is 0 Å². The van der Waals surface area contributed by atoms with Crippen molar-refractivity contribution in [2.75, 3.05) is 13.6 Å². The van der Waals surface area contributed by atoms with Gasteiger partial charge in [0.05, 0.1) is 4.90 Å². The highest BCUT2D eigenvalue weighted by molar-refractivity contribution is 7.89. The average molecular weight is 310 g/mol. The summed E-state index contributed by atoms with van der Waals surface area (Å²) in [6.45, 7) is 4.81. The predicted octanol–water partition coefficient (Wildman–Crippen LogP) is 2.68. The van der Waals surface area contributed by atoms with Crippen LogP contribution >= 0.6 is 0 Å². The van der Waals surface area contributed by atoms with E-state index in [1.165, 1.54) is 12.8 Å². The summed E-state index contributed by atoms with van der Waals surface area (Å²) < 4.78 is 27.4. The number of hydrogen-bond donors (Lipinski definition) is 2. The molecule has 0 saturated heterocycles. The van der Waals surface area contributed by atoms with Gasteiger partial charge < -0.3 is 5.32 Å². The molecular weight excluding hydrogens is 284 g/mol. The lowest BCUT2D eigenvalue weighted by Gasteiger charge is -2.16. The molecule has 0 heterocycles. The lowest BCUT2D eigenvalue weighted by atomic mass is 9.99.